The highest BCUT2D eigenvalue weighted by Gasteiger charge is 2.36. The van der Waals surface area contributed by atoms with Crippen LogP contribution in [0, 0.1) is 0 Å². The van der Waals surface area contributed by atoms with Gasteiger partial charge in [0.15, 0.2) is 0 Å². The van der Waals surface area contributed by atoms with Crippen LogP contribution in [0.25, 0.3) is 0 Å². The first kappa shape index (κ1) is 8.96. The molecule has 0 spiro atoms. The van der Waals surface area contributed by atoms with E-state index in [1.807, 2.05) is 0 Å². The smallest absolute Gasteiger partial charge is 0.270 e. The standard InChI is InChI=1S/C6H13NO3S/c7-4-1-5-10-11(8,9)6-2-3-6/h6H,1-5,7H2. The van der Waals surface area contributed by atoms with E-state index in [1.165, 1.54) is 0 Å². The summed E-state index contributed by atoms with van der Waals surface area (Å²) in [7, 11) is -3.21. The Bertz CT molecular complexity index is 208. The van der Waals surface area contributed by atoms with Crippen LogP contribution in [0.3, 0.4) is 0 Å². The second-order valence-electron chi connectivity index (χ2n) is 2.66. The van der Waals surface area contributed by atoms with Crippen molar-refractivity contribution in [3.63, 3.8) is 0 Å². The maximum Gasteiger partial charge on any atom is 0.270 e. The summed E-state index contributed by atoms with van der Waals surface area (Å²) < 4.78 is 26.7. The molecular weight excluding hydrogens is 166 g/mol. The first-order valence-electron chi connectivity index (χ1n) is 3.75. The average Bonchev–Trinajstić information content (AvgIpc) is 2.68. The van der Waals surface area contributed by atoms with Crippen LogP contribution >= 0.6 is 0 Å². The summed E-state index contributed by atoms with van der Waals surface area (Å²) >= 11 is 0. The summed E-state index contributed by atoms with van der Waals surface area (Å²) in [6.07, 6.45) is 2.11. The lowest BCUT2D eigenvalue weighted by Crippen LogP contribution is -2.14. The molecule has 4 nitrogen and oxygen atoms in total. The highest BCUT2D eigenvalue weighted by atomic mass is 32.2. The predicted molar refractivity (Wildman–Crippen MR) is 41.6 cm³/mol. The van der Waals surface area contributed by atoms with Crippen molar-refractivity contribution in [2.45, 2.75) is 24.5 Å². The Hall–Kier alpha value is -0.130. The van der Waals surface area contributed by atoms with Gasteiger partial charge in [-0.15, -0.1) is 0 Å². The lowest BCUT2D eigenvalue weighted by Gasteiger charge is -2.01. The zero-order valence-corrected chi connectivity index (χ0v) is 7.14. The van der Waals surface area contributed by atoms with Crippen molar-refractivity contribution in [2.75, 3.05) is 13.2 Å². The maximum atomic E-state index is 11.0. The minimum Gasteiger partial charge on any atom is -0.330 e. The van der Waals surface area contributed by atoms with Crippen LogP contribution in [0.2, 0.25) is 0 Å². The summed E-state index contributed by atoms with van der Waals surface area (Å²) in [5, 5.41) is -0.222. The van der Waals surface area contributed by atoms with Crippen molar-refractivity contribution in [3.05, 3.63) is 0 Å². The molecule has 66 valence electrons. The van der Waals surface area contributed by atoms with E-state index in [0.29, 0.717) is 13.0 Å². The van der Waals surface area contributed by atoms with Crippen molar-refractivity contribution >= 4 is 10.1 Å². The molecule has 11 heavy (non-hydrogen) atoms. The second kappa shape index (κ2) is 3.51. The molecule has 1 aliphatic carbocycles. The number of nitrogens with two attached hydrogens (primary N) is 1. The molecule has 0 heterocycles. The monoisotopic (exact) mass is 179 g/mol. The van der Waals surface area contributed by atoms with Gasteiger partial charge in [-0.3, -0.25) is 4.18 Å². The van der Waals surface area contributed by atoms with Gasteiger partial charge in [-0.2, -0.15) is 8.42 Å². The quantitative estimate of drug-likeness (QED) is 0.470. The largest absolute Gasteiger partial charge is 0.330 e. The van der Waals surface area contributed by atoms with Crippen LogP contribution in [0.5, 0.6) is 0 Å². The first-order valence-corrected chi connectivity index (χ1v) is 5.22. The van der Waals surface area contributed by atoms with E-state index in [-0.39, 0.29) is 11.9 Å². The van der Waals surface area contributed by atoms with Crippen molar-refractivity contribution in [1.82, 2.24) is 0 Å². The molecule has 5 heteroatoms. The predicted octanol–water partition coefficient (Wildman–Crippen LogP) is -0.156. The molecule has 0 aromatic carbocycles. The Morgan fingerprint density at radius 3 is 2.55 bits per heavy atom. The van der Waals surface area contributed by atoms with E-state index in [4.69, 9.17) is 5.73 Å². The number of rotatable bonds is 5. The van der Waals surface area contributed by atoms with Crippen molar-refractivity contribution in [3.8, 4) is 0 Å². The molecule has 0 aromatic rings. The zero-order valence-electron chi connectivity index (χ0n) is 6.32. The summed E-state index contributed by atoms with van der Waals surface area (Å²) in [5.41, 5.74) is 5.17. The molecule has 0 bridgehead atoms. The molecule has 0 radical (unpaired) electrons. The highest BCUT2D eigenvalue weighted by Crippen LogP contribution is 2.29. The molecule has 1 rings (SSSR count). The zero-order chi connectivity index (χ0) is 8.32. The van der Waals surface area contributed by atoms with Crippen LogP contribution in [-0.4, -0.2) is 26.8 Å². The Balaban J connectivity index is 2.23. The lowest BCUT2D eigenvalue weighted by molar-refractivity contribution is 0.313. The van der Waals surface area contributed by atoms with E-state index in [9.17, 15) is 8.42 Å². The summed E-state index contributed by atoms with van der Waals surface area (Å²) in [4.78, 5) is 0. The summed E-state index contributed by atoms with van der Waals surface area (Å²) in [5.74, 6) is 0. The molecule has 0 aliphatic heterocycles. The molecule has 0 aromatic heterocycles. The molecule has 1 saturated carbocycles. The molecule has 0 saturated heterocycles. The van der Waals surface area contributed by atoms with Gasteiger partial charge in [-0.25, -0.2) is 0 Å². The molecule has 0 amide bonds. The van der Waals surface area contributed by atoms with E-state index >= 15 is 0 Å². The van der Waals surface area contributed by atoms with E-state index < -0.39 is 10.1 Å². The summed E-state index contributed by atoms with van der Waals surface area (Å²) in [6.45, 7) is 0.704. The third-order valence-electron chi connectivity index (χ3n) is 1.53. The van der Waals surface area contributed by atoms with Crippen LogP contribution in [-0.2, 0) is 14.3 Å². The first-order chi connectivity index (χ1) is 5.17. The molecule has 0 atom stereocenters. The van der Waals surface area contributed by atoms with E-state index in [2.05, 4.69) is 4.18 Å². The fourth-order valence-electron chi connectivity index (χ4n) is 0.711. The molecule has 2 N–H and O–H groups in total. The van der Waals surface area contributed by atoms with Crippen LogP contribution in [0.1, 0.15) is 19.3 Å². The van der Waals surface area contributed by atoms with Gasteiger partial charge in [0.25, 0.3) is 10.1 Å². The van der Waals surface area contributed by atoms with Crippen molar-refractivity contribution in [2.24, 2.45) is 5.73 Å². The van der Waals surface area contributed by atoms with Gasteiger partial charge >= 0.3 is 0 Å². The normalized spacial score (nSPS) is 18.6. The second-order valence-corrected chi connectivity index (χ2v) is 4.54. The maximum absolute atomic E-state index is 11.0. The third-order valence-corrected chi connectivity index (χ3v) is 3.31. The average molecular weight is 179 g/mol. The van der Waals surface area contributed by atoms with Gasteiger partial charge < -0.3 is 5.73 Å². The third kappa shape index (κ3) is 2.76. The number of hydrogen-bond donors (Lipinski definition) is 1. The topological polar surface area (TPSA) is 69.4 Å². The number of hydrogen-bond acceptors (Lipinski definition) is 4. The SMILES string of the molecule is NCCCOS(=O)(=O)C1CC1. The molecular formula is C6H13NO3S. The fraction of sp³-hybridized carbons (Fsp3) is 1.00. The fourth-order valence-corrected chi connectivity index (χ4v) is 1.97. The van der Waals surface area contributed by atoms with Crippen LogP contribution in [0.4, 0.5) is 0 Å². The summed E-state index contributed by atoms with van der Waals surface area (Å²) in [6, 6.07) is 0. The minimum atomic E-state index is -3.21. The van der Waals surface area contributed by atoms with Gasteiger partial charge in [0.1, 0.15) is 0 Å². The minimum absolute atomic E-state index is 0.222. The Kier molecular flexibility index (Phi) is 2.86. The van der Waals surface area contributed by atoms with Crippen molar-refractivity contribution < 1.29 is 12.6 Å². The van der Waals surface area contributed by atoms with Gasteiger partial charge in [-0.05, 0) is 25.8 Å². The van der Waals surface area contributed by atoms with Crippen molar-refractivity contribution in [1.29, 1.82) is 0 Å². The Labute approximate surface area is 66.8 Å². The van der Waals surface area contributed by atoms with E-state index in [0.717, 1.165) is 12.8 Å². The molecule has 0 unspecified atom stereocenters. The van der Waals surface area contributed by atoms with Crippen LogP contribution in [0.15, 0.2) is 0 Å². The van der Waals surface area contributed by atoms with Gasteiger partial charge in [-0.1, -0.05) is 0 Å². The van der Waals surface area contributed by atoms with Gasteiger partial charge in [0, 0.05) is 0 Å². The molecule has 1 aliphatic rings. The van der Waals surface area contributed by atoms with Gasteiger partial charge in [0.2, 0.25) is 0 Å². The highest BCUT2D eigenvalue weighted by molar-refractivity contribution is 7.87. The van der Waals surface area contributed by atoms with Crippen LogP contribution < -0.4 is 5.73 Å². The van der Waals surface area contributed by atoms with Gasteiger partial charge in [0.05, 0.1) is 11.9 Å². The lowest BCUT2D eigenvalue weighted by atomic mass is 10.5. The Morgan fingerprint density at radius 1 is 1.45 bits per heavy atom. The Morgan fingerprint density at radius 2 is 2.09 bits per heavy atom. The van der Waals surface area contributed by atoms with E-state index in [1.54, 1.807) is 0 Å². The molecule has 1 fully saturated rings.